The van der Waals surface area contributed by atoms with Gasteiger partial charge in [-0.25, -0.2) is 9.79 Å². The van der Waals surface area contributed by atoms with Gasteiger partial charge in [0.25, 0.3) is 5.91 Å². The Morgan fingerprint density at radius 3 is 2.74 bits per heavy atom. The standard InChI is InChI=1S/C23H24N2O5S/c1-4-5-11-30-18-10-9-15(12-19(18)29-3)13-20-21(26)25(2)23(31-20)24-17-8-6-7-16(14-17)22(27)28/h6-10,12-14H,4-5,11H2,1-3H3,(H,27,28)/b20-13-,24-23?. The largest absolute Gasteiger partial charge is 0.493 e. The Labute approximate surface area is 185 Å². The average molecular weight is 441 g/mol. The Morgan fingerprint density at radius 1 is 1.23 bits per heavy atom. The lowest BCUT2D eigenvalue weighted by atomic mass is 10.2. The van der Waals surface area contributed by atoms with Crippen LogP contribution < -0.4 is 9.47 Å². The number of aromatic carboxylic acids is 1. The fraction of sp³-hybridized carbons (Fsp3) is 0.261. The number of rotatable bonds is 8. The minimum Gasteiger partial charge on any atom is -0.493 e. The molecular weight excluding hydrogens is 416 g/mol. The first-order valence-corrected chi connectivity index (χ1v) is 10.6. The van der Waals surface area contributed by atoms with Crippen LogP contribution in [-0.2, 0) is 4.79 Å². The highest BCUT2D eigenvalue weighted by atomic mass is 32.2. The van der Waals surface area contributed by atoms with E-state index in [1.165, 1.54) is 28.8 Å². The summed E-state index contributed by atoms with van der Waals surface area (Å²) in [5, 5.41) is 9.62. The lowest BCUT2D eigenvalue weighted by molar-refractivity contribution is -0.121. The summed E-state index contributed by atoms with van der Waals surface area (Å²) in [5.41, 5.74) is 1.42. The summed E-state index contributed by atoms with van der Waals surface area (Å²) in [5.74, 6) is 0.0670. The van der Waals surface area contributed by atoms with Gasteiger partial charge in [-0.15, -0.1) is 0 Å². The number of likely N-dealkylation sites (N-methyl/N-ethyl adjacent to an activating group) is 1. The fourth-order valence-electron chi connectivity index (χ4n) is 2.84. The van der Waals surface area contributed by atoms with Crippen molar-refractivity contribution in [3.05, 3.63) is 58.5 Å². The third kappa shape index (κ3) is 5.46. The molecule has 31 heavy (non-hydrogen) atoms. The molecule has 2 aromatic carbocycles. The predicted molar refractivity (Wildman–Crippen MR) is 122 cm³/mol. The van der Waals surface area contributed by atoms with E-state index in [9.17, 15) is 9.59 Å². The van der Waals surface area contributed by atoms with Crippen LogP contribution in [0.15, 0.2) is 52.4 Å². The van der Waals surface area contributed by atoms with E-state index < -0.39 is 5.97 Å². The number of carbonyl (C=O) groups is 2. The Morgan fingerprint density at radius 2 is 2.03 bits per heavy atom. The first-order valence-electron chi connectivity index (χ1n) is 9.83. The Hall–Kier alpha value is -3.26. The molecule has 8 heteroatoms. The predicted octanol–water partition coefficient (Wildman–Crippen LogP) is 4.81. The lowest BCUT2D eigenvalue weighted by Crippen LogP contribution is -2.23. The number of amidine groups is 1. The van der Waals surface area contributed by atoms with Crippen LogP contribution in [0.25, 0.3) is 6.08 Å². The molecule has 0 bridgehead atoms. The Kier molecular flexibility index (Phi) is 7.36. The van der Waals surface area contributed by atoms with Crippen molar-refractivity contribution in [2.75, 3.05) is 20.8 Å². The van der Waals surface area contributed by atoms with E-state index in [0.29, 0.717) is 33.9 Å². The van der Waals surface area contributed by atoms with Crippen LogP contribution in [-0.4, -0.2) is 47.8 Å². The number of carboxylic acids is 1. The van der Waals surface area contributed by atoms with E-state index in [0.717, 1.165) is 18.4 Å². The summed E-state index contributed by atoms with van der Waals surface area (Å²) in [4.78, 5) is 30.3. The number of carbonyl (C=O) groups excluding carboxylic acids is 1. The van der Waals surface area contributed by atoms with Crippen molar-refractivity contribution < 1.29 is 24.2 Å². The number of unbranched alkanes of at least 4 members (excludes halogenated alkanes) is 1. The number of aliphatic imine (C=N–C) groups is 1. The monoisotopic (exact) mass is 440 g/mol. The van der Waals surface area contributed by atoms with E-state index in [4.69, 9.17) is 14.6 Å². The second-order valence-electron chi connectivity index (χ2n) is 6.84. The lowest BCUT2D eigenvalue weighted by Gasteiger charge is -2.11. The first-order chi connectivity index (χ1) is 14.9. The molecule has 1 fully saturated rings. The Bertz CT molecular complexity index is 1050. The van der Waals surface area contributed by atoms with Gasteiger partial charge in [0, 0.05) is 7.05 Å². The zero-order valence-corrected chi connectivity index (χ0v) is 18.4. The highest BCUT2D eigenvalue weighted by Crippen LogP contribution is 2.35. The summed E-state index contributed by atoms with van der Waals surface area (Å²) in [6.45, 7) is 2.72. The summed E-state index contributed by atoms with van der Waals surface area (Å²) < 4.78 is 11.2. The molecule has 2 aromatic rings. The molecular formula is C23H24N2O5S. The minimum absolute atomic E-state index is 0.142. The van der Waals surface area contributed by atoms with E-state index in [2.05, 4.69) is 11.9 Å². The van der Waals surface area contributed by atoms with Gasteiger partial charge in [-0.3, -0.25) is 9.69 Å². The maximum Gasteiger partial charge on any atom is 0.335 e. The number of benzene rings is 2. The number of hydrogen-bond donors (Lipinski definition) is 1. The molecule has 7 nitrogen and oxygen atoms in total. The van der Waals surface area contributed by atoms with Crippen LogP contribution in [0, 0.1) is 0 Å². The zero-order chi connectivity index (χ0) is 22.4. The van der Waals surface area contributed by atoms with Crippen molar-refractivity contribution in [3.8, 4) is 11.5 Å². The molecule has 0 aliphatic carbocycles. The average Bonchev–Trinajstić information content (AvgIpc) is 3.02. The molecule has 0 spiro atoms. The number of hydrogen-bond acceptors (Lipinski definition) is 6. The maximum absolute atomic E-state index is 12.7. The number of thioether (sulfide) groups is 1. The van der Waals surface area contributed by atoms with Crippen molar-refractivity contribution >= 4 is 40.6 Å². The third-order valence-corrected chi connectivity index (χ3v) is 5.62. The van der Waals surface area contributed by atoms with Gasteiger partial charge < -0.3 is 14.6 Å². The molecule has 1 N–H and O–H groups in total. The van der Waals surface area contributed by atoms with Crippen LogP contribution in [0.4, 0.5) is 5.69 Å². The molecule has 3 rings (SSSR count). The van der Waals surface area contributed by atoms with Gasteiger partial charge in [-0.1, -0.05) is 25.5 Å². The van der Waals surface area contributed by atoms with Crippen molar-refractivity contribution in [3.63, 3.8) is 0 Å². The fourth-order valence-corrected chi connectivity index (χ4v) is 3.83. The topological polar surface area (TPSA) is 88.4 Å². The number of ether oxygens (including phenoxy) is 2. The van der Waals surface area contributed by atoms with Crippen LogP contribution >= 0.6 is 11.8 Å². The molecule has 0 saturated carbocycles. The van der Waals surface area contributed by atoms with E-state index >= 15 is 0 Å². The van der Waals surface area contributed by atoms with Gasteiger partial charge in [0.1, 0.15) is 0 Å². The summed E-state index contributed by atoms with van der Waals surface area (Å²) in [7, 11) is 3.22. The van der Waals surface area contributed by atoms with Crippen LogP contribution in [0.2, 0.25) is 0 Å². The van der Waals surface area contributed by atoms with Crippen molar-refractivity contribution in [1.82, 2.24) is 4.90 Å². The SMILES string of the molecule is CCCCOc1ccc(/C=C2\SC(=Nc3cccc(C(=O)O)c3)N(C)C2=O)cc1OC. The maximum atomic E-state index is 12.7. The Balaban J connectivity index is 1.83. The highest BCUT2D eigenvalue weighted by molar-refractivity contribution is 8.18. The first kappa shape index (κ1) is 22.4. The van der Waals surface area contributed by atoms with Gasteiger partial charge in [0.15, 0.2) is 16.7 Å². The molecule has 1 heterocycles. The summed E-state index contributed by atoms with van der Waals surface area (Å²) >= 11 is 1.23. The zero-order valence-electron chi connectivity index (χ0n) is 17.6. The third-order valence-electron chi connectivity index (χ3n) is 4.56. The van der Waals surface area contributed by atoms with Gasteiger partial charge in [0.2, 0.25) is 0 Å². The smallest absolute Gasteiger partial charge is 0.335 e. The van der Waals surface area contributed by atoms with Gasteiger partial charge in [0.05, 0.1) is 29.9 Å². The summed E-state index contributed by atoms with van der Waals surface area (Å²) in [6, 6.07) is 11.8. The molecule has 162 valence electrons. The van der Waals surface area contributed by atoms with Crippen molar-refractivity contribution in [1.29, 1.82) is 0 Å². The molecule has 0 unspecified atom stereocenters. The number of carboxylic acid groups (broad SMARTS) is 1. The minimum atomic E-state index is -1.03. The van der Waals surface area contributed by atoms with Crippen molar-refractivity contribution in [2.24, 2.45) is 4.99 Å². The van der Waals surface area contributed by atoms with Gasteiger partial charge >= 0.3 is 5.97 Å². The van der Waals surface area contributed by atoms with Crippen molar-refractivity contribution in [2.45, 2.75) is 19.8 Å². The van der Waals surface area contributed by atoms with E-state index in [1.54, 1.807) is 32.4 Å². The van der Waals surface area contributed by atoms with Crippen LogP contribution in [0.3, 0.4) is 0 Å². The normalized spacial score (nSPS) is 16.2. The highest BCUT2D eigenvalue weighted by Gasteiger charge is 2.30. The molecule has 0 atom stereocenters. The quantitative estimate of drug-likeness (QED) is 0.468. The van der Waals surface area contributed by atoms with Gasteiger partial charge in [-0.05, 0) is 60.2 Å². The van der Waals surface area contributed by atoms with E-state index in [1.807, 2.05) is 18.2 Å². The number of nitrogens with zero attached hydrogens (tertiary/aromatic N) is 2. The number of methoxy groups -OCH3 is 1. The number of amides is 1. The second kappa shape index (κ2) is 10.2. The van der Waals surface area contributed by atoms with Crippen LogP contribution in [0.5, 0.6) is 11.5 Å². The molecule has 0 radical (unpaired) electrons. The molecule has 1 aliphatic heterocycles. The van der Waals surface area contributed by atoms with E-state index in [-0.39, 0.29) is 11.5 Å². The molecule has 1 saturated heterocycles. The molecule has 1 aliphatic rings. The second-order valence-corrected chi connectivity index (χ2v) is 7.85. The molecule has 1 amide bonds. The molecule has 0 aromatic heterocycles. The van der Waals surface area contributed by atoms with Crippen LogP contribution in [0.1, 0.15) is 35.7 Å². The van der Waals surface area contributed by atoms with Gasteiger partial charge in [-0.2, -0.15) is 0 Å². The summed E-state index contributed by atoms with van der Waals surface area (Å²) in [6.07, 6.45) is 3.78.